The van der Waals surface area contributed by atoms with E-state index in [0.29, 0.717) is 5.92 Å². The fraction of sp³-hybridized carbons (Fsp3) is 0.273. The van der Waals surface area contributed by atoms with E-state index >= 15 is 0 Å². The zero-order chi connectivity index (χ0) is 27.4. The number of halogens is 1. The Labute approximate surface area is 228 Å². The van der Waals surface area contributed by atoms with E-state index in [0.717, 1.165) is 51.7 Å². The van der Waals surface area contributed by atoms with Gasteiger partial charge in [-0.25, -0.2) is 4.39 Å². The largest absolute Gasteiger partial charge is 0.392 e. The summed E-state index contributed by atoms with van der Waals surface area (Å²) in [4.78, 5) is 17.4. The van der Waals surface area contributed by atoms with Gasteiger partial charge in [0.15, 0.2) is 0 Å². The molecule has 1 saturated carbocycles. The van der Waals surface area contributed by atoms with Crippen LogP contribution in [-0.2, 0) is 4.79 Å². The molecule has 0 spiro atoms. The molecule has 0 unspecified atom stereocenters. The third kappa shape index (κ3) is 6.59. The number of fused-ring (bicyclic) bond motifs is 1. The van der Waals surface area contributed by atoms with Crippen LogP contribution in [0.4, 0.5) is 4.39 Å². The molecule has 3 aromatic carbocycles. The van der Waals surface area contributed by atoms with Crippen LogP contribution in [0.2, 0.25) is 0 Å². The molecular weight excluding hydrogens is 491 g/mol. The average Bonchev–Trinajstić information content (AvgIpc) is 3.77. The Morgan fingerprint density at radius 1 is 1.03 bits per heavy atom. The Balaban J connectivity index is 1.34. The van der Waals surface area contributed by atoms with E-state index in [1.807, 2.05) is 67.6 Å². The number of amides is 1. The van der Waals surface area contributed by atoms with Gasteiger partial charge in [0.1, 0.15) is 5.82 Å². The second-order valence-electron chi connectivity index (χ2n) is 10.3. The first-order valence-electron chi connectivity index (χ1n) is 13.5. The van der Waals surface area contributed by atoms with Crippen molar-refractivity contribution in [3.63, 3.8) is 0 Å². The molecule has 4 aromatic rings. The van der Waals surface area contributed by atoms with Crippen LogP contribution in [-0.4, -0.2) is 33.3 Å². The number of aliphatic hydroxyl groups excluding tert-OH is 2. The number of benzene rings is 3. The lowest BCUT2D eigenvalue weighted by Gasteiger charge is -2.18. The standard InChI is InChI=1S/C33H33FN2O3/c1-21(22-7-3-2-4-8-22)35-31(39)20-27(38)19-26(37)17-18-29-32(23-13-15-25(34)16-14-23)28-9-5-6-10-30(28)36-33(29)24-11-12-24/h2-10,13-18,21,24,26-27,37-38H,11-12,19-20H2,1H3,(H,35,39)/t21-,26+,27+/m0/s1. The molecule has 3 atom stereocenters. The van der Waals surface area contributed by atoms with E-state index in [1.54, 1.807) is 18.2 Å². The molecule has 5 nitrogen and oxygen atoms in total. The first kappa shape index (κ1) is 26.7. The van der Waals surface area contributed by atoms with E-state index in [4.69, 9.17) is 4.98 Å². The molecule has 0 saturated heterocycles. The molecule has 39 heavy (non-hydrogen) atoms. The normalized spacial score (nSPS) is 15.8. The number of hydrogen-bond donors (Lipinski definition) is 3. The van der Waals surface area contributed by atoms with Crippen LogP contribution in [0.3, 0.4) is 0 Å². The second kappa shape index (κ2) is 11.9. The molecule has 1 aliphatic rings. The van der Waals surface area contributed by atoms with Crippen LogP contribution < -0.4 is 5.32 Å². The molecule has 0 bridgehead atoms. The van der Waals surface area contributed by atoms with Crippen LogP contribution in [0.5, 0.6) is 0 Å². The number of pyridine rings is 1. The highest BCUT2D eigenvalue weighted by molar-refractivity contribution is 5.99. The summed E-state index contributed by atoms with van der Waals surface area (Å²) in [5.41, 5.74) is 5.53. The number of aromatic nitrogens is 1. The molecule has 1 heterocycles. The molecule has 1 aliphatic carbocycles. The van der Waals surface area contributed by atoms with Crippen LogP contribution in [0, 0.1) is 5.82 Å². The Morgan fingerprint density at radius 3 is 2.44 bits per heavy atom. The summed E-state index contributed by atoms with van der Waals surface area (Å²) < 4.78 is 13.7. The van der Waals surface area contributed by atoms with Crippen molar-refractivity contribution in [2.45, 2.75) is 56.8 Å². The summed E-state index contributed by atoms with van der Waals surface area (Å²) in [6, 6.07) is 23.8. The van der Waals surface area contributed by atoms with Crippen LogP contribution >= 0.6 is 0 Å². The Hall–Kier alpha value is -3.87. The van der Waals surface area contributed by atoms with Crippen molar-refractivity contribution < 1.29 is 19.4 Å². The zero-order valence-corrected chi connectivity index (χ0v) is 21.9. The van der Waals surface area contributed by atoms with Gasteiger partial charge in [0.25, 0.3) is 0 Å². The SMILES string of the molecule is C[C@H](NC(=O)C[C@H](O)C[C@H](O)C=Cc1c(C2CC2)nc2ccccc2c1-c1ccc(F)cc1)c1ccccc1. The second-order valence-corrected chi connectivity index (χ2v) is 10.3. The zero-order valence-electron chi connectivity index (χ0n) is 21.9. The van der Waals surface area contributed by atoms with Gasteiger partial charge in [0.2, 0.25) is 5.91 Å². The van der Waals surface area contributed by atoms with Crippen LogP contribution in [0.25, 0.3) is 28.1 Å². The first-order chi connectivity index (χ1) is 18.9. The lowest BCUT2D eigenvalue weighted by molar-refractivity contribution is -0.123. The van der Waals surface area contributed by atoms with Gasteiger partial charge >= 0.3 is 0 Å². The predicted octanol–water partition coefficient (Wildman–Crippen LogP) is 6.31. The number of para-hydroxylation sites is 1. The first-order valence-corrected chi connectivity index (χ1v) is 13.5. The maximum Gasteiger partial charge on any atom is 0.223 e. The van der Waals surface area contributed by atoms with Crippen LogP contribution in [0.1, 0.15) is 61.4 Å². The average molecular weight is 525 g/mol. The summed E-state index contributed by atoms with van der Waals surface area (Å²) >= 11 is 0. The topological polar surface area (TPSA) is 82.5 Å². The summed E-state index contributed by atoms with van der Waals surface area (Å²) in [5, 5.41) is 25.1. The van der Waals surface area contributed by atoms with Gasteiger partial charge in [-0.2, -0.15) is 0 Å². The lowest BCUT2D eigenvalue weighted by atomic mass is 9.92. The number of carbonyl (C=O) groups excluding carboxylic acids is 1. The highest BCUT2D eigenvalue weighted by Gasteiger charge is 2.29. The van der Waals surface area contributed by atoms with E-state index in [1.165, 1.54) is 12.1 Å². The number of nitrogens with one attached hydrogen (secondary N) is 1. The van der Waals surface area contributed by atoms with Gasteiger partial charge in [-0.05, 0) is 49.1 Å². The van der Waals surface area contributed by atoms with Gasteiger partial charge in [0, 0.05) is 28.9 Å². The molecule has 1 aromatic heterocycles. The Morgan fingerprint density at radius 2 is 1.72 bits per heavy atom. The molecule has 3 N–H and O–H groups in total. The third-order valence-electron chi connectivity index (χ3n) is 7.15. The smallest absolute Gasteiger partial charge is 0.223 e. The minimum atomic E-state index is -0.998. The van der Waals surface area contributed by atoms with Gasteiger partial charge in [0.05, 0.1) is 35.9 Å². The lowest BCUT2D eigenvalue weighted by Crippen LogP contribution is -2.31. The molecule has 200 valence electrons. The molecule has 5 rings (SSSR count). The summed E-state index contributed by atoms with van der Waals surface area (Å²) in [5.74, 6) is -0.238. The van der Waals surface area contributed by atoms with Crippen molar-refractivity contribution in [1.82, 2.24) is 10.3 Å². The number of carbonyl (C=O) groups is 1. The third-order valence-corrected chi connectivity index (χ3v) is 7.15. The summed E-state index contributed by atoms with van der Waals surface area (Å²) in [6.07, 6.45) is 3.57. The number of aliphatic hydroxyl groups is 2. The molecule has 1 amide bonds. The van der Waals surface area contributed by atoms with Crippen LogP contribution in [0.15, 0.2) is 84.9 Å². The maximum absolute atomic E-state index is 13.7. The van der Waals surface area contributed by atoms with E-state index < -0.39 is 12.2 Å². The fourth-order valence-corrected chi connectivity index (χ4v) is 5.00. The Bertz CT molecular complexity index is 1470. The number of rotatable bonds is 10. The molecule has 6 heteroatoms. The highest BCUT2D eigenvalue weighted by Crippen LogP contribution is 2.45. The van der Waals surface area contributed by atoms with E-state index in [-0.39, 0.29) is 30.6 Å². The number of nitrogens with zero attached hydrogens (tertiary/aromatic N) is 1. The van der Waals surface area contributed by atoms with Crippen molar-refractivity contribution >= 4 is 22.9 Å². The Kier molecular flexibility index (Phi) is 8.15. The van der Waals surface area contributed by atoms with Crippen molar-refractivity contribution in [2.24, 2.45) is 0 Å². The van der Waals surface area contributed by atoms with E-state index in [2.05, 4.69) is 5.32 Å². The van der Waals surface area contributed by atoms with E-state index in [9.17, 15) is 19.4 Å². The fourth-order valence-electron chi connectivity index (χ4n) is 5.00. The molecular formula is C33H33FN2O3. The maximum atomic E-state index is 13.7. The summed E-state index contributed by atoms with van der Waals surface area (Å²) in [6.45, 7) is 1.89. The van der Waals surface area contributed by atoms with Crippen molar-refractivity contribution in [3.05, 3.63) is 108 Å². The van der Waals surface area contributed by atoms with Gasteiger partial charge in [-0.15, -0.1) is 0 Å². The molecule has 0 aliphatic heterocycles. The van der Waals surface area contributed by atoms with Gasteiger partial charge in [-0.1, -0.05) is 72.8 Å². The minimum Gasteiger partial charge on any atom is -0.392 e. The van der Waals surface area contributed by atoms with Gasteiger partial charge < -0.3 is 15.5 Å². The monoisotopic (exact) mass is 524 g/mol. The number of hydrogen-bond acceptors (Lipinski definition) is 4. The van der Waals surface area contributed by atoms with Crippen molar-refractivity contribution in [3.8, 4) is 11.1 Å². The summed E-state index contributed by atoms with van der Waals surface area (Å²) in [7, 11) is 0. The van der Waals surface area contributed by atoms with Gasteiger partial charge in [-0.3, -0.25) is 9.78 Å². The molecule has 1 fully saturated rings. The highest BCUT2D eigenvalue weighted by atomic mass is 19.1. The predicted molar refractivity (Wildman–Crippen MR) is 152 cm³/mol. The minimum absolute atomic E-state index is 0.0231. The molecule has 0 radical (unpaired) electrons. The van der Waals surface area contributed by atoms with Crippen molar-refractivity contribution in [1.29, 1.82) is 0 Å². The van der Waals surface area contributed by atoms with Crippen molar-refractivity contribution in [2.75, 3.05) is 0 Å². The quantitative estimate of drug-likeness (QED) is 0.227.